The number of hydrogen-bond donors (Lipinski definition) is 0. The largest absolute Gasteiger partial charge is 0.452 e. The van der Waals surface area contributed by atoms with Crippen molar-refractivity contribution < 1.29 is 22.7 Å². The monoisotopic (exact) mass is 480 g/mol. The molecule has 0 spiro atoms. The molecule has 0 atom stereocenters. The van der Waals surface area contributed by atoms with Crippen molar-refractivity contribution in [3.05, 3.63) is 72.3 Å². The molecule has 4 rings (SSSR count). The summed E-state index contributed by atoms with van der Waals surface area (Å²) in [5.41, 5.74) is 0.951. The van der Waals surface area contributed by atoms with Gasteiger partial charge in [-0.15, -0.1) is 0 Å². The number of likely N-dealkylation sites (N-methyl/N-ethyl adjacent to an activating group) is 1. The molecule has 0 saturated carbocycles. The van der Waals surface area contributed by atoms with E-state index in [-0.39, 0.29) is 16.4 Å². The Bertz CT molecular complexity index is 1280. The molecule has 0 radical (unpaired) electrons. The van der Waals surface area contributed by atoms with Crippen LogP contribution in [0.25, 0.3) is 10.8 Å². The number of anilines is 1. The fourth-order valence-corrected chi connectivity index (χ4v) is 5.75. The Balaban J connectivity index is 1.42. The van der Waals surface area contributed by atoms with Gasteiger partial charge in [-0.3, -0.25) is 4.79 Å². The summed E-state index contributed by atoms with van der Waals surface area (Å²) in [6.07, 6.45) is 2.74. The number of sulfonamides is 1. The molecule has 0 unspecified atom stereocenters. The molecule has 0 aromatic heterocycles. The Morgan fingerprint density at radius 3 is 2.29 bits per heavy atom. The number of amides is 1. The van der Waals surface area contributed by atoms with Gasteiger partial charge in [0.15, 0.2) is 6.61 Å². The summed E-state index contributed by atoms with van der Waals surface area (Å²) >= 11 is 0. The van der Waals surface area contributed by atoms with Crippen LogP contribution in [0.15, 0.2) is 71.6 Å². The number of carbonyl (C=O) groups excluding carboxylic acids is 2. The zero-order valence-corrected chi connectivity index (χ0v) is 20.0. The summed E-state index contributed by atoms with van der Waals surface area (Å²) in [6, 6.07) is 19.2. The smallest absolute Gasteiger partial charge is 0.338 e. The molecule has 1 heterocycles. The Kier molecular flexibility index (Phi) is 7.29. The van der Waals surface area contributed by atoms with Crippen molar-refractivity contribution in [3.63, 3.8) is 0 Å². The first kappa shape index (κ1) is 23.9. The van der Waals surface area contributed by atoms with Crippen molar-refractivity contribution in [2.75, 3.05) is 31.1 Å². The first-order valence-electron chi connectivity index (χ1n) is 11.5. The van der Waals surface area contributed by atoms with Crippen LogP contribution in [0.1, 0.15) is 36.5 Å². The summed E-state index contributed by atoms with van der Waals surface area (Å²) in [5.74, 6) is -1.01. The number of nitrogens with zero attached hydrogens (tertiary/aromatic N) is 2. The topological polar surface area (TPSA) is 84.0 Å². The van der Waals surface area contributed by atoms with Gasteiger partial charge in [-0.2, -0.15) is 4.31 Å². The SMILES string of the molecule is CCN(C(=O)COC(=O)c1ccc(S(=O)(=O)N2CCCCC2)cc1)c1cccc2ccccc12. The zero-order chi connectivity index (χ0) is 24.1. The van der Waals surface area contributed by atoms with E-state index in [1.54, 1.807) is 4.90 Å². The lowest BCUT2D eigenvalue weighted by Crippen LogP contribution is -2.35. The minimum atomic E-state index is -3.57. The average Bonchev–Trinajstić information content (AvgIpc) is 2.88. The number of fused-ring (bicyclic) bond motifs is 1. The van der Waals surface area contributed by atoms with Crippen molar-refractivity contribution in [2.24, 2.45) is 0 Å². The lowest BCUT2D eigenvalue weighted by atomic mass is 10.1. The number of hydrogen-bond acceptors (Lipinski definition) is 5. The van der Waals surface area contributed by atoms with E-state index in [0.717, 1.165) is 35.7 Å². The molecule has 3 aromatic carbocycles. The molecule has 7 nitrogen and oxygen atoms in total. The molecule has 34 heavy (non-hydrogen) atoms. The number of ether oxygens (including phenoxy) is 1. The van der Waals surface area contributed by atoms with Crippen molar-refractivity contribution >= 4 is 38.4 Å². The van der Waals surface area contributed by atoms with Crippen molar-refractivity contribution in [2.45, 2.75) is 31.1 Å². The Hall–Kier alpha value is -3.23. The van der Waals surface area contributed by atoms with Crippen LogP contribution >= 0.6 is 0 Å². The molecule has 0 bridgehead atoms. The number of esters is 1. The molecule has 3 aromatic rings. The van der Waals surface area contributed by atoms with E-state index in [0.29, 0.717) is 19.6 Å². The molecule has 1 amide bonds. The van der Waals surface area contributed by atoms with Gasteiger partial charge in [0.2, 0.25) is 10.0 Å². The van der Waals surface area contributed by atoms with Crippen LogP contribution in [0.5, 0.6) is 0 Å². The fourth-order valence-electron chi connectivity index (χ4n) is 4.23. The average molecular weight is 481 g/mol. The van der Waals surface area contributed by atoms with Crippen LogP contribution in [0.4, 0.5) is 5.69 Å². The van der Waals surface area contributed by atoms with Gasteiger partial charge in [0.25, 0.3) is 5.91 Å². The van der Waals surface area contributed by atoms with Crippen LogP contribution in [0.2, 0.25) is 0 Å². The van der Waals surface area contributed by atoms with Gasteiger partial charge in [-0.1, -0.05) is 42.8 Å². The first-order valence-corrected chi connectivity index (χ1v) is 12.9. The second kappa shape index (κ2) is 10.4. The highest BCUT2D eigenvalue weighted by Crippen LogP contribution is 2.27. The van der Waals surface area contributed by atoms with E-state index in [1.165, 1.54) is 28.6 Å². The quantitative estimate of drug-likeness (QED) is 0.473. The van der Waals surface area contributed by atoms with Gasteiger partial charge in [0, 0.05) is 25.0 Å². The van der Waals surface area contributed by atoms with Crippen molar-refractivity contribution in [1.29, 1.82) is 0 Å². The van der Waals surface area contributed by atoms with E-state index in [1.807, 2.05) is 49.4 Å². The maximum Gasteiger partial charge on any atom is 0.338 e. The normalized spacial score (nSPS) is 14.6. The van der Waals surface area contributed by atoms with Gasteiger partial charge in [-0.25, -0.2) is 13.2 Å². The molecule has 1 saturated heterocycles. The van der Waals surface area contributed by atoms with Gasteiger partial charge in [0.05, 0.1) is 16.1 Å². The Labute approximate surface area is 200 Å². The number of benzene rings is 3. The molecule has 8 heteroatoms. The molecule has 1 aliphatic rings. The molecule has 0 aliphatic carbocycles. The van der Waals surface area contributed by atoms with Gasteiger partial charge < -0.3 is 9.64 Å². The Morgan fingerprint density at radius 2 is 1.59 bits per heavy atom. The van der Waals surface area contributed by atoms with E-state index < -0.39 is 22.6 Å². The second-order valence-corrected chi connectivity index (χ2v) is 10.1. The number of carbonyl (C=O) groups is 2. The summed E-state index contributed by atoms with van der Waals surface area (Å²) in [7, 11) is -3.57. The van der Waals surface area contributed by atoms with Crippen LogP contribution in [-0.4, -0.2) is 50.8 Å². The third-order valence-corrected chi connectivity index (χ3v) is 7.96. The van der Waals surface area contributed by atoms with E-state index in [4.69, 9.17) is 4.74 Å². The molecule has 178 valence electrons. The maximum atomic E-state index is 12.9. The summed E-state index contributed by atoms with van der Waals surface area (Å²) < 4.78 is 32.3. The van der Waals surface area contributed by atoms with Crippen LogP contribution < -0.4 is 4.90 Å². The second-order valence-electron chi connectivity index (χ2n) is 8.20. The summed E-state index contributed by atoms with van der Waals surface area (Å²) in [5, 5.41) is 1.96. The third-order valence-electron chi connectivity index (χ3n) is 6.04. The highest BCUT2D eigenvalue weighted by Gasteiger charge is 2.26. The summed E-state index contributed by atoms with van der Waals surface area (Å²) in [6.45, 7) is 2.90. The number of piperidine rings is 1. The molecular weight excluding hydrogens is 452 g/mol. The Morgan fingerprint density at radius 1 is 0.912 bits per heavy atom. The van der Waals surface area contributed by atoms with Gasteiger partial charge >= 0.3 is 5.97 Å². The van der Waals surface area contributed by atoms with E-state index in [9.17, 15) is 18.0 Å². The van der Waals surface area contributed by atoms with Gasteiger partial charge in [0.1, 0.15) is 0 Å². The maximum absolute atomic E-state index is 12.9. The number of rotatable bonds is 7. The summed E-state index contributed by atoms with van der Waals surface area (Å²) in [4.78, 5) is 27.1. The first-order chi connectivity index (χ1) is 16.4. The van der Waals surface area contributed by atoms with E-state index >= 15 is 0 Å². The van der Waals surface area contributed by atoms with Crippen LogP contribution in [0.3, 0.4) is 0 Å². The lowest BCUT2D eigenvalue weighted by Gasteiger charge is -2.25. The minimum Gasteiger partial charge on any atom is -0.452 e. The third kappa shape index (κ3) is 4.98. The standard InChI is InChI=1S/C26H28N2O5S/c1-2-28(24-12-8-10-20-9-4-5-11-23(20)24)25(29)19-33-26(30)21-13-15-22(16-14-21)34(31,32)27-17-6-3-7-18-27/h4-5,8-16H,2-3,6-7,17-19H2,1H3. The molecule has 1 fully saturated rings. The van der Waals surface area contributed by atoms with E-state index in [2.05, 4.69) is 0 Å². The lowest BCUT2D eigenvalue weighted by molar-refractivity contribution is -0.121. The predicted molar refractivity (Wildman–Crippen MR) is 131 cm³/mol. The van der Waals surface area contributed by atoms with Crippen LogP contribution in [-0.2, 0) is 19.6 Å². The van der Waals surface area contributed by atoms with Crippen molar-refractivity contribution in [3.8, 4) is 0 Å². The van der Waals surface area contributed by atoms with Crippen molar-refractivity contribution in [1.82, 2.24) is 4.31 Å². The molecule has 1 aliphatic heterocycles. The van der Waals surface area contributed by atoms with Gasteiger partial charge in [-0.05, 0) is 55.5 Å². The molecule has 0 N–H and O–H groups in total. The highest BCUT2D eigenvalue weighted by atomic mass is 32.2. The zero-order valence-electron chi connectivity index (χ0n) is 19.1. The highest BCUT2D eigenvalue weighted by molar-refractivity contribution is 7.89. The molecular formula is C26H28N2O5S. The predicted octanol–water partition coefficient (Wildman–Crippen LogP) is 4.22. The minimum absolute atomic E-state index is 0.148. The fraction of sp³-hybridized carbons (Fsp3) is 0.308. The van der Waals surface area contributed by atoms with Crippen LogP contribution in [0, 0.1) is 0 Å².